The number of hydrogen-bond acceptors (Lipinski definition) is 3. The van der Waals surface area contributed by atoms with Crippen molar-refractivity contribution in [1.82, 2.24) is 5.32 Å². The number of carbonyl (C=O) groups is 2. The lowest BCUT2D eigenvalue weighted by Crippen LogP contribution is -2.22. The topological polar surface area (TPSA) is 84.2 Å². The minimum atomic E-state index is -0.326. The summed E-state index contributed by atoms with van der Waals surface area (Å²) in [7, 11) is 0. The van der Waals surface area contributed by atoms with Gasteiger partial charge in [-0.1, -0.05) is 18.2 Å². The fourth-order valence-electron chi connectivity index (χ4n) is 1.42. The summed E-state index contributed by atoms with van der Waals surface area (Å²) in [6.45, 7) is 2.59. The molecule has 0 saturated carbocycles. The number of para-hydroxylation sites is 1. The van der Waals surface area contributed by atoms with E-state index in [0.29, 0.717) is 19.5 Å². The molecule has 1 rings (SSSR count). The van der Waals surface area contributed by atoms with Crippen molar-refractivity contribution in [2.75, 3.05) is 11.9 Å². The monoisotopic (exact) mass is 235 g/mol. The summed E-state index contributed by atoms with van der Waals surface area (Å²) < 4.78 is 0. The highest BCUT2D eigenvalue weighted by molar-refractivity contribution is 5.89. The molecule has 0 bridgehead atoms. The van der Waals surface area contributed by atoms with Crippen molar-refractivity contribution in [2.45, 2.75) is 19.9 Å². The Bertz CT molecular complexity index is 404. The Morgan fingerprint density at radius 3 is 2.65 bits per heavy atom. The molecule has 0 aromatic heterocycles. The Morgan fingerprint density at radius 2 is 2.00 bits per heavy atom. The fraction of sp³-hybridized carbons (Fsp3) is 0.333. The van der Waals surface area contributed by atoms with Crippen molar-refractivity contribution < 1.29 is 9.59 Å². The summed E-state index contributed by atoms with van der Waals surface area (Å²) >= 11 is 0. The molecule has 0 saturated heterocycles. The molecule has 0 aliphatic carbocycles. The number of benzene rings is 1. The summed E-state index contributed by atoms with van der Waals surface area (Å²) in [6, 6.07) is 7.52. The van der Waals surface area contributed by atoms with Gasteiger partial charge in [-0.15, -0.1) is 0 Å². The lowest BCUT2D eigenvalue weighted by Gasteiger charge is -2.10. The quantitative estimate of drug-likeness (QED) is 0.632. The largest absolute Gasteiger partial charge is 0.370 e. The Kier molecular flexibility index (Phi) is 5.16. The highest BCUT2D eigenvalue weighted by atomic mass is 16.1. The Hall–Kier alpha value is -1.88. The maximum Gasteiger partial charge on any atom is 0.221 e. The molecule has 1 aromatic rings. The average Bonchev–Trinajstić information content (AvgIpc) is 2.25. The number of hydrogen-bond donors (Lipinski definition) is 3. The van der Waals surface area contributed by atoms with E-state index in [2.05, 4.69) is 10.6 Å². The third-order valence-electron chi connectivity index (χ3n) is 2.19. The van der Waals surface area contributed by atoms with Crippen molar-refractivity contribution in [3.05, 3.63) is 29.8 Å². The predicted molar refractivity (Wildman–Crippen MR) is 66.3 cm³/mol. The summed E-state index contributed by atoms with van der Waals surface area (Å²) in [4.78, 5) is 21.5. The van der Waals surface area contributed by atoms with E-state index in [1.54, 1.807) is 0 Å². The summed E-state index contributed by atoms with van der Waals surface area (Å²) in [5, 5.41) is 5.85. The number of anilines is 1. The number of nitrogens with two attached hydrogens (primary N) is 1. The van der Waals surface area contributed by atoms with E-state index in [-0.39, 0.29) is 11.8 Å². The van der Waals surface area contributed by atoms with Crippen LogP contribution in [0.3, 0.4) is 0 Å². The Labute approximate surface area is 100 Å². The molecule has 2 amide bonds. The SMILES string of the molecule is CC(=O)Nc1ccccc1CNCCC(N)=O. The van der Waals surface area contributed by atoms with E-state index in [0.717, 1.165) is 11.3 Å². The first-order valence-electron chi connectivity index (χ1n) is 5.44. The van der Waals surface area contributed by atoms with Gasteiger partial charge in [0.25, 0.3) is 0 Å². The van der Waals surface area contributed by atoms with E-state index in [9.17, 15) is 9.59 Å². The second-order valence-electron chi connectivity index (χ2n) is 3.73. The number of primary amides is 1. The number of nitrogens with one attached hydrogen (secondary N) is 2. The molecule has 0 fully saturated rings. The minimum absolute atomic E-state index is 0.102. The molecule has 0 spiro atoms. The van der Waals surface area contributed by atoms with Crippen molar-refractivity contribution in [2.24, 2.45) is 5.73 Å². The van der Waals surface area contributed by atoms with Crippen LogP contribution in [0.2, 0.25) is 0 Å². The van der Waals surface area contributed by atoms with Crippen molar-refractivity contribution in [1.29, 1.82) is 0 Å². The Morgan fingerprint density at radius 1 is 1.29 bits per heavy atom. The van der Waals surface area contributed by atoms with Crippen LogP contribution in [0.15, 0.2) is 24.3 Å². The summed E-state index contributed by atoms with van der Waals surface area (Å²) in [5.41, 5.74) is 6.79. The van der Waals surface area contributed by atoms with Gasteiger partial charge < -0.3 is 16.4 Å². The van der Waals surface area contributed by atoms with Gasteiger partial charge in [-0.2, -0.15) is 0 Å². The molecule has 0 aliphatic rings. The van der Waals surface area contributed by atoms with E-state index >= 15 is 0 Å². The highest BCUT2D eigenvalue weighted by Crippen LogP contribution is 2.14. The van der Waals surface area contributed by atoms with Crippen molar-refractivity contribution in [3.63, 3.8) is 0 Å². The first kappa shape index (κ1) is 13.2. The first-order chi connectivity index (χ1) is 8.09. The van der Waals surface area contributed by atoms with E-state index in [1.807, 2.05) is 24.3 Å². The molecule has 92 valence electrons. The zero-order valence-corrected chi connectivity index (χ0v) is 9.82. The zero-order valence-electron chi connectivity index (χ0n) is 9.82. The third-order valence-corrected chi connectivity index (χ3v) is 2.19. The second-order valence-corrected chi connectivity index (χ2v) is 3.73. The van der Waals surface area contributed by atoms with Crippen LogP contribution in [-0.2, 0) is 16.1 Å². The lowest BCUT2D eigenvalue weighted by molar-refractivity contribution is -0.118. The van der Waals surface area contributed by atoms with Gasteiger partial charge in [-0.25, -0.2) is 0 Å². The van der Waals surface area contributed by atoms with Crippen LogP contribution < -0.4 is 16.4 Å². The molecule has 0 atom stereocenters. The van der Waals surface area contributed by atoms with Crippen LogP contribution in [0.25, 0.3) is 0 Å². The Balaban J connectivity index is 2.51. The average molecular weight is 235 g/mol. The molecular weight excluding hydrogens is 218 g/mol. The summed E-state index contributed by atoms with van der Waals surface area (Å²) in [5.74, 6) is -0.428. The van der Waals surface area contributed by atoms with Gasteiger partial charge in [0.05, 0.1) is 0 Å². The molecule has 17 heavy (non-hydrogen) atoms. The van der Waals surface area contributed by atoms with Crippen molar-refractivity contribution >= 4 is 17.5 Å². The lowest BCUT2D eigenvalue weighted by atomic mass is 10.1. The predicted octanol–water partition coefficient (Wildman–Crippen LogP) is 0.610. The minimum Gasteiger partial charge on any atom is -0.370 e. The van der Waals surface area contributed by atoms with Gasteiger partial charge in [0, 0.05) is 32.1 Å². The third kappa shape index (κ3) is 5.12. The normalized spacial score (nSPS) is 9.94. The standard InChI is InChI=1S/C12H17N3O2/c1-9(16)15-11-5-3-2-4-10(11)8-14-7-6-12(13)17/h2-5,14H,6-8H2,1H3,(H2,13,17)(H,15,16). The van der Waals surface area contributed by atoms with Crippen molar-refractivity contribution in [3.8, 4) is 0 Å². The molecule has 1 aromatic carbocycles. The molecule has 5 nitrogen and oxygen atoms in total. The van der Waals surface area contributed by atoms with Gasteiger partial charge in [0.1, 0.15) is 0 Å². The molecule has 0 radical (unpaired) electrons. The molecule has 4 N–H and O–H groups in total. The van der Waals surface area contributed by atoms with Crippen LogP contribution in [0.5, 0.6) is 0 Å². The maximum atomic E-state index is 11.0. The fourth-order valence-corrected chi connectivity index (χ4v) is 1.42. The molecule has 0 heterocycles. The number of amides is 2. The van der Waals surface area contributed by atoms with Gasteiger partial charge in [-0.05, 0) is 11.6 Å². The van der Waals surface area contributed by atoms with Gasteiger partial charge >= 0.3 is 0 Å². The van der Waals surface area contributed by atoms with Gasteiger partial charge in [-0.3, -0.25) is 9.59 Å². The maximum absolute atomic E-state index is 11.0. The van der Waals surface area contributed by atoms with Crippen LogP contribution in [0.4, 0.5) is 5.69 Å². The van der Waals surface area contributed by atoms with Crippen LogP contribution in [0.1, 0.15) is 18.9 Å². The second kappa shape index (κ2) is 6.65. The summed E-state index contributed by atoms with van der Waals surface area (Å²) in [6.07, 6.45) is 0.308. The number of carbonyl (C=O) groups excluding carboxylic acids is 2. The number of rotatable bonds is 6. The zero-order chi connectivity index (χ0) is 12.7. The van der Waals surface area contributed by atoms with E-state index in [4.69, 9.17) is 5.73 Å². The highest BCUT2D eigenvalue weighted by Gasteiger charge is 2.02. The smallest absolute Gasteiger partial charge is 0.221 e. The molecule has 5 heteroatoms. The van der Waals surface area contributed by atoms with E-state index in [1.165, 1.54) is 6.92 Å². The van der Waals surface area contributed by atoms with Gasteiger partial charge in [0.2, 0.25) is 11.8 Å². The van der Waals surface area contributed by atoms with Crippen LogP contribution >= 0.6 is 0 Å². The first-order valence-corrected chi connectivity index (χ1v) is 5.44. The van der Waals surface area contributed by atoms with Gasteiger partial charge in [0.15, 0.2) is 0 Å². The molecule has 0 unspecified atom stereocenters. The molecular formula is C12H17N3O2. The van der Waals surface area contributed by atoms with E-state index < -0.39 is 0 Å². The molecule has 0 aliphatic heterocycles. The van der Waals surface area contributed by atoms with Crippen LogP contribution in [-0.4, -0.2) is 18.4 Å². The van der Waals surface area contributed by atoms with Crippen LogP contribution in [0, 0.1) is 0 Å².